The highest BCUT2D eigenvalue weighted by atomic mass is 32.2. The molecule has 0 saturated carbocycles. The first-order valence-electron chi connectivity index (χ1n) is 3.98. The summed E-state index contributed by atoms with van der Waals surface area (Å²) >= 11 is 6.74. The van der Waals surface area contributed by atoms with Gasteiger partial charge in [-0.3, -0.25) is 0 Å². The van der Waals surface area contributed by atoms with Crippen LogP contribution in [0.3, 0.4) is 0 Å². The first-order valence-corrected chi connectivity index (χ1v) is 5.33. The van der Waals surface area contributed by atoms with Crippen LogP contribution in [0, 0.1) is 6.92 Å². The van der Waals surface area contributed by atoms with Crippen LogP contribution in [0.25, 0.3) is 0 Å². The molecule has 1 radical (unpaired) electrons. The van der Waals surface area contributed by atoms with Gasteiger partial charge in [-0.25, -0.2) is 0 Å². The fourth-order valence-electron chi connectivity index (χ4n) is 0.659. The lowest BCUT2D eigenvalue weighted by molar-refractivity contribution is 0.725. The Bertz CT molecular complexity index is 115. The van der Waals surface area contributed by atoms with Crippen molar-refractivity contribution in [2.45, 2.75) is 26.7 Å². The van der Waals surface area contributed by atoms with Crippen molar-refractivity contribution < 1.29 is 0 Å². The Kier molecular flexibility index (Phi) is 7.07. The van der Waals surface area contributed by atoms with Gasteiger partial charge in [0.25, 0.3) is 0 Å². The van der Waals surface area contributed by atoms with Crippen LogP contribution in [0.4, 0.5) is 0 Å². The fourth-order valence-corrected chi connectivity index (χ4v) is 1.91. The van der Waals surface area contributed by atoms with Gasteiger partial charge >= 0.3 is 0 Å². The minimum Gasteiger partial charge on any atom is -0.311 e. The van der Waals surface area contributed by atoms with Crippen LogP contribution < -0.4 is 0 Å². The number of thiocarbonyl (C=S) groups is 1. The highest BCUT2D eigenvalue weighted by Gasteiger charge is 2.01. The summed E-state index contributed by atoms with van der Waals surface area (Å²) in [6.45, 7) is 8.97. The first kappa shape index (κ1) is 11.2. The number of rotatable bonds is 5. The molecule has 0 saturated heterocycles. The van der Waals surface area contributed by atoms with Crippen LogP contribution in [0.15, 0.2) is 0 Å². The lowest BCUT2D eigenvalue weighted by atomic mass is 10.4. The number of hydrogen-bond acceptors (Lipinski definition) is 2. The van der Waals surface area contributed by atoms with Gasteiger partial charge in [0.15, 0.2) is 0 Å². The third kappa shape index (κ3) is 5.50. The molecule has 0 amide bonds. The summed E-state index contributed by atoms with van der Waals surface area (Å²) in [7, 11) is 0. The third-order valence-corrected chi connectivity index (χ3v) is 2.91. The van der Waals surface area contributed by atoms with E-state index in [-0.39, 0.29) is 0 Å². The molecule has 65 valence electrons. The first-order chi connectivity index (χ1) is 5.22. The van der Waals surface area contributed by atoms with E-state index in [1.165, 1.54) is 12.8 Å². The van der Waals surface area contributed by atoms with Crippen molar-refractivity contribution in [3.63, 3.8) is 0 Å². The van der Waals surface area contributed by atoms with Crippen LogP contribution in [0.2, 0.25) is 0 Å². The second-order valence-electron chi connectivity index (χ2n) is 2.28. The minimum absolute atomic E-state index is 0.744. The smallest absolute Gasteiger partial charge is 0.0882 e. The summed E-state index contributed by atoms with van der Waals surface area (Å²) < 4.78 is 2.06. The van der Waals surface area contributed by atoms with Crippen LogP contribution in [0.1, 0.15) is 26.7 Å². The Labute approximate surface area is 79.7 Å². The molecule has 0 N–H and O–H groups in total. The second kappa shape index (κ2) is 6.92. The molecule has 0 fully saturated rings. The molecular formula is C8H16NS2. The van der Waals surface area contributed by atoms with E-state index in [0.717, 1.165) is 17.3 Å². The van der Waals surface area contributed by atoms with E-state index >= 15 is 0 Å². The summed E-state index contributed by atoms with van der Waals surface area (Å²) in [5, 5.41) is 0. The van der Waals surface area contributed by atoms with E-state index in [0.29, 0.717) is 0 Å². The Morgan fingerprint density at radius 2 is 2.18 bits per heavy atom. The molecule has 0 atom stereocenters. The number of nitrogens with zero attached hydrogens (tertiary/aromatic N) is 1. The van der Waals surface area contributed by atoms with Crippen LogP contribution >= 0.6 is 24.2 Å². The summed E-state index contributed by atoms with van der Waals surface area (Å²) in [4.78, 5) is 0.744. The predicted octanol–water partition coefficient (Wildman–Crippen LogP) is 2.92. The lowest BCUT2D eigenvalue weighted by Crippen LogP contribution is -2.19. The molecule has 0 bridgehead atoms. The Morgan fingerprint density at radius 1 is 1.55 bits per heavy atom. The molecule has 0 aliphatic heterocycles. The van der Waals surface area contributed by atoms with Crippen molar-refractivity contribution in [2.24, 2.45) is 0 Å². The van der Waals surface area contributed by atoms with Gasteiger partial charge in [0.1, 0.15) is 0 Å². The van der Waals surface area contributed by atoms with Crippen molar-refractivity contribution in [3.05, 3.63) is 6.92 Å². The SMILES string of the molecule is [CH2]C(=S)N(CC)SCCCC. The zero-order valence-corrected chi connectivity index (χ0v) is 8.93. The molecule has 0 aromatic carbocycles. The van der Waals surface area contributed by atoms with E-state index < -0.39 is 0 Å². The molecule has 0 heterocycles. The van der Waals surface area contributed by atoms with Crippen LogP contribution in [-0.2, 0) is 0 Å². The quantitative estimate of drug-likeness (QED) is 0.373. The topological polar surface area (TPSA) is 3.24 Å². The fraction of sp³-hybridized carbons (Fsp3) is 0.750. The van der Waals surface area contributed by atoms with Gasteiger partial charge in [0.05, 0.1) is 4.99 Å². The molecular weight excluding hydrogens is 174 g/mol. The summed E-state index contributed by atoms with van der Waals surface area (Å²) in [6, 6.07) is 0. The van der Waals surface area contributed by atoms with E-state index in [1.807, 2.05) is 0 Å². The molecule has 11 heavy (non-hydrogen) atoms. The highest BCUT2D eigenvalue weighted by Crippen LogP contribution is 2.12. The summed E-state index contributed by atoms with van der Waals surface area (Å²) in [5.74, 6) is 1.15. The monoisotopic (exact) mass is 190 g/mol. The van der Waals surface area contributed by atoms with Gasteiger partial charge in [-0.05, 0) is 25.3 Å². The molecule has 0 aromatic heterocycles. The Morgan fingerprint density at radius 3 is 2.55 bits per heavy atom. The van der Waals surface area contributed by atoms with E-state index in [1.54, 1.807) is 11.9 Å². The van der Waals surface area contributed by atoms with E-state index in [9.17, 15) is 0 Å². The number of hydrogen-bond donors (Lipinski definition) is 0. The zero-order chi connectivity index (χ0) is 8.69. The summed E-state index contributed by atoms with van der Waals surface area (Å²) in [6.07, 6.45) is 2.50. The summed E-state index contributed by atoms with van der Waals surface area (Å²) in [5.41, 5.74) is 0. The molecule has 0 aliphatic carbocycles. The van der Waals surface area contributed by atoms with Crippen LogP contribution in [0.5, 0.6) is 0 Å². The van der Waals surface area contributed by atoms with Crippen molar-refractivity contribution in [1.82, 2.24) is 4.31 Å². The van der Waals surface area contributed by atoms with Crippen molar-refractivity contribution in [1.29, 1.82) is 0 Å². The van der Waals surface area contributed by atoms with Crippen molar-refractivity contribution in [3.8, 4) is 0 Å². The van der Waals surface area contributed by atoms with Crippen LogP contribution in [-0.4, -0.2) is 21.6 Å². The predicted molar refractivity (Wildman–Crippen MR) is 57.7 cm³/mol. The van der Waals surface area contributed by atoms with Crippen molar-refractivity contribution in [2.75, 3.05) is 12.3 Å². The largest absolute Gasteiger partial charge is 0.311 e. The molecule has 0 aliphatic rings. The zero-order valence-electron chi connectivity index (χ0n) is 7.30. The molecule has 0 rings (SSSR count). The van der Waals surface area contributed by atoms with Gasteiger partial charge in [-0.15, -0.1) is 0 Å². The van der Waals surface area contributed by atoms with Gasteiger partial charge in [0, 0.05) is 19.2 Å². The minimum atomic E-state index is 0.744. The van der Waals surface area contributed by atoms with Gasteiger partial charge in [-0.1, -0.05) is 25.6 Å². The standard InChI is InChI=1S/C8H16NS2/c1-4-6-7-11-9(5-2)8(3)10/h3-7H2,1-2H3. The number of unbranched alkanes of at least 4 members (excludes halogenated alkanes) is 1. The highest BCUT2D eigenvalue weighted by molar-refractivity contribution is 7.98. The van der Waals surface area contributed by atoms with E-state index in [4.69, 9.17) is 12.2 Å². The average Bonchev–Trinajstić information content (AvgIpc) is 1.97. The maximum atomic E-state index is 4.96. The van der Waals surface area contributed by atoms with Gasteiger partial charge < -0.3 is 4.31 Å². The molecule has 0 spiro atoms. The normalized spacial score (nSPS) is 9.73. The average molecular weight is 190 g/mol. The third-order valence-electron chi connectivity index (χ3n) is 1.31. The maximum absolute atomic E-state index is 4.96. The Balaban J connectivity index is 3.44. The maximum Gasteiger partial charge on any atom is 0.0882 e. The van der Waals surface area contributed by atoms with Crippen molar-refractivity contribution >= 4 is 29.2 Å². The van der Waals surface area contributed by atoms with E-state index in [2.05, 4.69) is 25.1 Å². The molecule has 0 unspecified atom stereocenters. The van der Waals surface area contributed by atoms with Gasteiger partial charge in [-0.2, -0.15) is 0 Å². The Hall–Kier alpha value is 0.240. The lowest BCUT2D eigenvalue weighted by Gasteiger charge is -2.18. The molecule has 0 aromatic rings. The second-order valence-corrected chi connectivity index (χ2v) is 3.85. The molecule has 3 heteroatoms. The van der Waals surface area contributed by atoms with Gasteiger partial charge in [0.2, 0.25) is 0 Å². The molecule has 1 nitrogen and oxygen atoms in total.